The van der Waals surface area contributed by atoms with Gasteiger partial charge in [0, 0.05) is 20.0 Å². The number of H-pyrrole nitrogens is 1. The number of fused-ring (bicyclic) bond motifs is 1. The number of aryl methyl sites for hydroxylation is 1. The van der Waals surface area contributed by atoms with Gasteiger partial charge in [-0.15, -0.1) is 0 Å². The SMILES string of the molecule is CC1CC1c1nc2c([nH]1)c(=O)n(C)c(=O)n2C. The van der Waals surface area contributed by atoms with Crippen LogP contribution in [-0.4, -0.2) is 19.1 Å². The highest BCUT2D eigenvalue weighted by Gasteiger charge is 2.37. The van der Waals surface area contributed by atoms with Gasteiger partial charge >= 0.3 is 5.69 Å². The van der Waals surface area contributed by atoms with Gasteiger partial charge in [-0.2, -0.15) is 0 Å². The average molecular weight is 234 g/mol. The average Bonchev–Trinajstić information content (AvgIpc) is 2.88. The molecule has 0 aliphatic heterocycles. The molecule has 2 aromatic heterocycles. The Kier molecular flexibility index (Phi) is 1.87. The van der Waals surface area contributed by atoms with Crippen LogP contribution in [0.2, 0.25) is 0 Å². The van der Waals surface area contributed by atoms with Gasteiger partial charge in [0.2, 0.25) is 0 Å². The molecule has 1 N–H and O–H groups in total. The van der Waals surface area contributed by atoms with E-state index in [1.165, 1.54) is 11.6 Å². The Balaban J connectivity index is 2.36. The lowest BCUT2D eigenvalue weighted by molar-refractivity contribution is 0.708. The third kappa shape index (κ3) is 1.30. The van der Waals surface area contributed by atoms with E-state index in [4.69, 9.17) is 0 Å². The van der Waals surface area contributed by atoms with Crippen molar-refractivity contribution in [3.63, 3.8) is 0 Å². The molecule has 0 amide bonds. The van der Waals surface area contributed by atoms with Gasteiger partial charge in [-0.3, -0.25) is 13.9 Å². The molecule has 1 saturated carbocycles. The molecule has 2 heterocycles. The minimum absolute atomic E-state index is 0.310. The number of hydrogen-bond donors (Lipinski definition) is 1. The van der Waals surface area contributed by atoms with Crippen LogP contribution in [0.3, 0.4) is 0 Å². The number of imidazole rings is 1. The molecule has 17 heavy (non-hydrogen) atoms. The van der Waals surface area contributed by atoms with Crippen molar-refractivity contribution in [2.45, 2.75) is 19.3 Å². The molecule has 0 aromatic carbocycles. The van der Waals surface area contributed by atoms with E-state index < -0.39 is 0 Å². The van der Waals surface area contributed by atoms with Gasteiger partial charge in [0.05, 0.1) is 0 Å². The number of aromatic nitrogens is 4. The molecule has 6 nitrogen and oxygen atoms in total. The summed E-state index contributed by atoms with van der Waals surface area (Å²) in [6.07, 6.45) is 1.09. The highest BCUT2D eigenvalue weighted by Crippen LogP contribution is 2.45. The highest BCUT2D eigenvalue weighted by atomic mass is 16.2. The molecule has 0 bridgehead atoms. The molecule has 1 aliphatic rings. The van der Waals surface area contributed by atoms with E-state index in [9.17, 15) is 9.59 Å². The van der Waals surface area contributed by atoms with E-state index >= 15 is 0 Å². The zero-order chi connectivity index (χ0) is 12.3. The second kappa shape index (κ2) is 3.09. The maximum atomic E-state index is 11.9. The molecule has 1 aliphatic carbocycles. The van der Waals surface area contributed by atoms with E-state index in [1.54, 1.807) is 7.05 Å². The topological polar surface area (TPSA) is 72.7 Å². The van der Waals surface area contributed by atoms with Gasteiger partial charge in [-0.05, 0) is 12.3 Å². The van der Waals surface area contributed by atoms with E-state index in [0.717, 1.165) is 16.8 Å². The standard InChI is InChI=1S/C11H14N4O2/c1-5-4-6(5)8-12-7-9(13-8)14(2)11(17)15(3)10(7)16/h5-6H,4H2,1-3H3,(H,12,13). The first-order valence-electron chi connectivity index (χ1n) is 5.66. The minimum Gasteiger partial charge on any atom is -0.336 e. The summed E-state index contributed by atoms with van der Waals surface area (Å²) in [5, 5.41) is 0. The quantitative estimate of drug-likeness (QED) is 0.759. The summed E-state index contributed by atoms with van der Waals surface area (Å²) in [5.41, 5.74) is 0.218. The summed E-state index contributed by atoms with van der Waals surface area (Å²) in [4.78, 5) is 31.1. The molecular weight excluding hydrogens is 220 g/mol. The third-order valence-corrected chi connectivity index (χ3v) is 3.57. The Bertz CT molecular complexity index is 721. The van der Waals surface area contributed by atoms with Crippen LogP contribution in [-0.2, 0) is 14.1 Å². The summed E-state index contributed by atoms with van der Waals surface area (Å²) in [6.45, 7) is 2.15. The van der Waals surface area contributed by atoms with Gasteiger partial charge in [-0.1, -0.05) is 6.92 Å². The summed E-state index contributed by atoms with van der Waals surface area (Å²) < 4.78 is 2.50. The lowest BCUT2D eigenvalue weighted by atomic mass is 10.3. The minimum atomic E-state index is -0.343. The second-order valence-corrected chi connectivity index (χ2v) is 4.85. The molecular formula is C11H14N4O2. The number of nitrogens with zero attached hydrogens (tertiary/aromatic N) is 3. The fraction of sp³-hybridized carbons (Fsp3) is 0.545. The van der Waals surface area contributed by atoms with Crippen LogP contribution in [0, 0.1) is 5.92 Å². The third-order valence-electron chi connectivity index (χ3n) is 3.57. The van der Waals surface area contributed by atoms with Crippen molar-refractivity contribution in [1.82, 2.24) is 19.1 Å². The van der Waals surface area contributed by atoms with Crippen molar-refractivity contribution >= 4 is 11.2 Å². The van der Waals surface area contributed by atoms with Gasteiger partial charge < -0.3 is 4.98 Å². The molecule has 2 unspecified atom stereocenters. The van der Waals surface area contributed by atoms with Crippen LogP contribution >= 0.6 is 0 Å². The van der Waals surface area contributed by atoms with Crippen molar-refractivity contribution < 1.29 is 0 Å². The van der Waals surface area contributed by atoms with Crippen LogP contribution in [0.15, 0.2) is 9.59 Å². The largest absolute Gasteiger partial charge is 0.336 e. The number of nitrogens with one attached hydrogen (secondary N) is 1. The second-order valence-electron chi connectivity index (χ2n) is 4.85. The van der Waals surface area contributed by atoms with Gasteiger partial charge in [-0.25, -0.2) is 9.78 Å². The van der Waals surface area contributed by atoms with Crippen LogP contribution in [0.1, 0.15) is 25.1 Å². The monoisotopic (exact) mass is 234 g/mol. The Morgan fingerprint density at radius 1 is 1.29 bits per heavy atom. The fourth-order valence-corrected chi connectivity index (χ4v) is 2.22. The van der Waals surface area contributed by atoms with Crippen LogP contribution < -0.4 is 11.2 Å². The Morgan fingerprint density at radius 2 is 1.94 bits per heavy atom. The van der Waals surface area contributed by atoms with Crippen LogP contribution in [0.4, 0.5) is 0 Å². The van der Waals surface area contributed by atoms with E-state index in [-0.39, 0.29) is 11.2 Å². The van der Waals surface area contributed by atoms with E-state index in [0.29, 0.717) is 23.0 Å². The van der Waals surface area contributed by atoms with Gasteiger partial charge in [0.1, 0.15) is 11.3 Å². The molecule has 6 heteroatoms. The van der Waals surface area contributed by atoms with Gasteiger partial charge in [0.25, 0.3) is 5.56 Å². The van der Waals surface area contributed by atoms with Crippen LogP contribution in [0.5, 0.6) is 0 Å². The normalized spacial score (nSPS) is 23.2. The summed E-state index contributed by atoms with van der Waals surface area (Å²) in [5.74, 6) is 1.84. The van der Waals surface area contributed by atoms with Crippen molar-refractivity contribution in [3.05, 3.63) is 26.7 Å². The van der Waals surface area contributed by atoms with Crippen molar-refractivity contribution in [1.29, 1.82) is 0 Å². The van der Waals surface area contributed by atoms with Gasteiger partial charge in [0.15, 0.2) is 5.65 Å². The predicted molar refractivity (Wildman–Crippen MR) is 63.1 cm³/mol. The maximum absolute atomic E-state index is 11.9. The highest BCUT2D eigenvalue weighted by molar-refractivity contribution is 5.70. The van der Waals surface area contributed by atoms with Crippen molar-refractivity contribution in [2.75, 3.05) is 0 Å². The molecule has 0 spiro atoms. The summed E-state index contributed by atoms with van der Waals surface area (Å²) >= 11 is 0. The Morgan fingerprint density at radius 3 is 2.53 bits per heavy atom. The molecule has 2 atom stereocenters. The summed E-state index contributed by atoms with van der Waals surface area (Å²) in [7, 11) is 3.11. The zero-order valence-electron chi connectivity index (χ0n) is 10.0. The molecule has 2 aromatic rings. The Labute approximate surface area is 96.9 Å². The zero-order valence-corrected chi connectivity index (χ0v) is 10.0. The lowest BCUT2D eigenvalue weighted by Crippen LogP contribution is -2.36. The van der Waals surface area contributed by atoms with E-state index in [2.05, 4.69) is 16.9 Å². The van der Waals surface area contributed by atoms with Crippen molar-refractivity contribution in [3.8, 4) is 0 Å². The predicted octanol–water partition coefficient (Wildman–Crippen LogP) is 0.0837. The first kappa shape index (κ1) is 10.3. The van der Waals surface area contributed by atoms with E-state index in [1.807, 2.05) is 0 Å². The molecule has 3 rings (SSSR count). The number of aromatic amines is 1. The van der Waals surface area contributed by atoms with Crippen LogP contribution in [0.25, 0.3) is 11.2 Å². The van der Waals surface area contributed by atoms with Crippen molar-refractivity contribution in [2.24, 2.45) is 20.0 Å². The maximum Gasteiger partial charge on any atom is 0.332 e. The molecule has 90 valence electrons. The first-order valence-corrected chi connectivity index (χ1v) is 5.66. The molecule has 0 radical (unpaired) electrons. The number of rotatable bonds is 1. The molecule has 0 saturated heterocycles. The fourth-order valence-electron chi connectivity index (χ4n) is 2.22. The lowest BCUT2D eigenvalue weighted by Gasteiger charge is -2.00. The smallest absolute Gasteiger partial charge is 0.332 e. The first-order chi connectivity index (χ1) is 8.00. The Hall–Kier alpha value is -1.85. The summed E-state index contributed by atoms with van der Waals surface area (Å²) in [6, 6.07) is 0. The molecule has 1 fully saturated rings. The number of hydrogen-bond acceptors (Lipinski definition) is 3.